The third-order valence-electron chi connectivity index (χ3n) is 2.49. The van der Waals surface area contributed by atoms with Crippen LogP contribution < -0.4 is 5.73 Å². The topological polar surface area (TPSA) is 72.5 Å². The van der Waals surface area contributed by atoms with Crippen LogP contribution in [0.1, 0.15) is 18.9 Å². The van der Waals surface area contributed by atoms with E-state index in [0.717, 1.165) is 12.8 Å². The van der Waals surface area contributed by atoms with Gasteiger partial charge in [-0.25, -0.2) is 0 Å². The summed E-state index contributed by atoms with van der Waals surface area (Å²) in [6.45, 7) is 2.01. The molecular formula is C13H19NO3. The number of benzene rings is 1. The van der Waals surface area contributed by atoms with Gasteiger partial charge in [-0.2, -0.15) is 0 Å². The second-order valence-electron chi connectivity index (χ2n) is 4.36. The van der Waals surface area contributed by atoms with E-state index in [0.29, 0.717) is 6.61 Å². The Hall–Kier alpha value is -1.39. The van der Waals surface area contributed by atoms with Gasteiger partial charge >= 0.3 is 5.97 Å². The van der Waals surface area contributed by atoms with Crippen molar-refractivity contribution in [3.05, 3.63) is 35.9 Å². The molecule has 0 saturated carbocycles. The highest BCUT2D eigenvalue weighted by Crippen LogP contribution is 2.04. The molecule has 0 saturated heterocycles. The Bertz CT molecular complexity index is 349. The zero-order valence-corrected chi connectivity index (χ0v) is 10.1. The fraction of sp³-hybridized carbons (Fsp3) is 0.462. The Morgan fingerprint density at radius 2 is 2.06 bits per heavy atom. The van der Waals surface area contributed by atoms with Crippen LogP contribution in [0.15, 0.2) is 30.3 Å². The summed E-state index contributed by atoms with van der Waals surface area (Å²) in [5, 5.41) is 8.77. The minimum atomic E-state index is -1.30. The van der Waals surface area contributed by atoms with Gasteiger partial charge in [0, 0.05) is 6.61 Å². The molecule has 0 bridgehead atoms. The maximum absolute atomic E-state index is 10.7. The highest BCUT2D eigenvalue weighted by Gasteiger charge is 2.27. The van der Waals surface area contributed by atoms with Gasteiger partial charge in [-0.05, 0) is 25.3 Å². The Morgan fingerprint density at radius 3 is 2.65 bits per heavy atom. The van der Waals surface area contributed by atoms with Gasteiger partial charge in [-0.15, -0.1) is 0 Å². The standard InChI is InChI=1S/C13H19NO3/c1-13(14,12(15)16)10-17-9-5-8-11-6-3-2-4-7-11/h2-4,6-7H,5,8-10,14H2,1H3,(H,15,16). The quantitative estimate of drug-likeness (QED) is 0.704. The van der Waals surface area contributed by atoms with Crippen LogP contribution in [-0.4, -0.2) is 29.8 Å². The number of carboxylic acid groups (broad SMARTS) is 1. The fourth-order valence-electron chi connectivity index (χ4n) is 1.37. The van der Waals surface area contributed by atoms with Crippen LogP contribution in [0, 0.1) is 0 Å². The first-order valence-electron chi connectivity index (χ1n) is 5.66. The lowest BCUT2D eigenvalue weighted by Crippen LogP contribution is -2.49. The first-order chi connectivity index (χ1) is 8.02. The lowest BCUT2D eigenvalue weighted by molar-refractivity contribution is -0.145. The van der Waals surface area contributed by atoms with E-state index in [9.17, 15) is 4.79 Å². The summed E-state index contributed by atoms with van der Waals surface area (Å²) in [5.41, 5.74) is 5.48. The zero-order valence-electron chi connectivity index (χ0n) is 10.1. The molecule has 3 N–H and O–H groups in total. The van der Waals surface area contributed by atoms with Crippen molar-refractivity contribution in [2.45, 2.75) is 25.3 Å². The predicted molar refractivity (Wildman–Crippen MR) is 65.8 cm³/mol. The van der Waals surface area contributed by atoms with Crippen LogP contribution in [0.2, 0.25) is 0 Å². The fourth-order valence-corrected chi connectivity index (χ4v) is 1.37. The molecule has 0 fully saturated rings. The predicted octanol–water partition coefficient (Wildman–Crippen LogP) is 1.44. The number of nitrogens with two attached hydrogens (primary N) is 1. The minimum absolute atomic E-state index is 0.0388. The molecule has 94 valence electrons. The number of aryl methyl sites for hydroxylation is 1. The average Bonchev–Trinajstić information content (AvgIpc) is 2.29. The average molecular weight is 237 g/mol. The van der Waals surface area contributed by atoms with Crippen LogP contribution in [0.25, 0.3) is 0 Å². The molecule has 1 aromatic rings. The summed E-state index contributed by atoms with van der Waals surface area (Å²) in [6, 6.07) is 10.1. The summed E-state index contributed by atoms with van der Waals surface area (Å²) < 4.78 is 5.28. The maximum atomic E-state index is 10.7. The summed E-state index contributed by atoms with van der Waals surface area (Å²) in [5.74, 6) is -1.04. The largest absolute Gasteiger partial charge is 0.480 e. The molecular weight excluding hydrogens is 218 g/mol. The van der Waals surface area contributed by atoms with E-state index in [1.54, 1.807) is 0 Å². The number of hydrogen-bond donors (Lipinski definition) is 2. The van der Waals surface area contributed by atoms with Gasteiger partial charge in [0.15, 0.2) is 0 Å². The SMILES string of the molecule is CC(N)(COCCCc1ccccc1)C(=O)O. The summed E-state index contributed by atoms with van der Waals surface area (Å²) >= 11 is 0. The third kappa shape index (κ3) is 4.97. The van der Waals surface area contributed by atoms with Crippen molar-refractivity contribution < 1.29 is 14.6 Å². The second kappa shape index (κ2) is 6.37. The first-order valence-corrected chi connectivity index (χ1v) is 5.66. The lowest BCUT2D eigenvalue weighted by Gasteiger charge is -2.18. The molecule has 4 nitrogen and oxygen atoms in total. The monoisotopic (exact) mass is 237 g/mol. The third-order valence-corrected chi connectivity index (χ3v) is 2.49. The van der Waals surface area contributed by atoms with E-state index in [-0.39, 0.29) is 6.61 Å². The van der Waals surface area contributed by atoms with Gasteiger partial charge in [0.1, 0.15) is 5.54 Å². The van der Waals surface area contributed by atoms with Gasteiger partial charge in [0.05, 0.1) is 6.61 Å². The Morgan fingerprint density at radius 1 is 1.41 bits per heavy atom. The van der Waals surface area contributed by atoms with E-state index >= 15 is 0 Å². The molecule has 0 aliphatic carbocycles. The van der Waals surface area contributed by atoms with Gasteiger partial charge in [0.2, 0.25) is 0 Å². The molecule has 1 atom stereocenters. The molecule has 0 aromatic heterocycles. The van der Waals surface area contributed by atoms with Gasteiger partial charge in [-0.3, -0.25) is 4.79 Å². The molecule has 0 aliphatic heterocycles. The van der Waals surface area contributed by atoms with Crippen LogP contribution >= 0.6 is 0 Å². The van der Waals surface area contributed by atoms with E-state index in [1.807, 2.05) is 18.2 Å². The summed E-state index contributed by atoms with van der Waals surface area (Å²) in [6.07, 6.45) is 1.79. The van der Waals surface area contributed by atoms with E-state index in [4.69, 9.17) is 15.6 Å². The molecule has 17 heavy (non-hydrogen) atoms. The number of aliphatic carboxylic acids is 1. The minimum Gasteiger partial charge on any atom is -0.480 e. The lowest BCUT2D eigenvalue weighted by atomic mass is 10.1. The molecule has 0 amide bonds. The van der Waals surface area contributed by atoms with Crippen molar-refractivity contribution >= 4 is 5.97 Å². The first kappa shape index (κ1) is 13.7. The van der Waals surface area contributed by atoms with Gasteiger partial charge in [-0.1, -0.05) is 30.3 Å². The van der Waals surface area contributed by atoms with Gasteiger partial charge in [0.25, 0.3) is 0 Å². The Kier molecular flexibility index (Phi) is 5.12. The molecule has 4 heteroatoms. The smallest absolute Gasteiger partial charge is 0.325 e. The molecule has 0 heterocycles. The van der Waals surface area contributed by atoms with Gasteiger partial charge < -0.3 is 15.6 Å². The normalized spacial score (nSPS) is 14.2. The Balaban J connectivity index is 2.15. The molecule has 0 radical (unpaired) electrons. The maximum Gasteiger partial charge on any atom is 0.325 e. The van der Waals surface area contributed by atoms with Crippen molar-refractivity contribution in [2.75, 3.05) is 13.2 Å². The number of carbonyl (C=O) groups is 1. The van der Waals surface area contributed by atoms with Crippen molar-refractivity contribution in [1.29, 1.82) is 0 Å². The van der Waals surface area contributed by atoms with Crippen molar-refractivity contribution in [2.24, 2.45) is 5.73 Å². The van der Waals surface area contributed by atoms with E-state index < -0.39 is 11.5 Å². The number of hydrogen-bond acceptors (Lipinski definition) is 3. The zero-order chi connectivity index (χ0) is 12.7. The van der Waals surface area contributed by atoms with Crippen LogP contribution in [0.5, 0.6) is 0 Å². The van der Waals surface area contributed by atoms with Crippen LogP contribution in [0.3, 0.4) is 0 Å². The molecule has 0 aliphatic rings. The molecule has 1 rings (SSSR count). The number of carboxylic acids is 1. The molecule has 1 aromatic carbocycles. The highest BCUT2D eigenvalue weighted by molar-refractivity contribution is 5.77. The number of ether oxygens (including phenoxy) is 1. The van der Waals surface area contributed by atoms with Crippen molar-refractivity contribution in [3.63, 3.8) is 0 Å². The second-order valence-corrected chi connectivity index (χ2v) is 4.36. The summed E-state index contributed by atoms with van der Waals surface area (Å²) in [4.78, 5) is 10.7. The van der Waals surface area contributed by atoms with Crippen LogP contribution in [-0.2, 0) is 16.0 Å². The molecule has 0 spiro atoms. The number of rotatable bonds is 7. The highest BCUT2D eigenvalue weighted by atomic mass is 16.5. The molecule has 1 unspecified atom stereocenters. The Labute approximate surface area is 101 Å². The van der Waals surface area contributed by atoms with E-state index in [2.05, 4.69) is 12.1 Å². The van der Waals surface area contributed by atoms with E-state index in [1.165, 1.54) is 12.5 Å². The van der Waals surface area contributed by atoms with Crippen LogP contribution in [0.4, 0.5) is 0 Å². The summed E-state index contributed by atoms with van der Waals surface area (Å²) in [7, 11) is 0. The van der Waals surface area contributed by atoms with Crippen molar-refractivity contribution in [1.82, 2.24) is 0 Å². The van der Waals surface area contributed by atoms with Crippen molar-refractivity contribution in [3.8, 4) is 0 Å².